The van der Waals surface area contributed by atoms with Crippen molar-refractivity contribution in [2.24, 2.45) is 0 Å². The maximum atomic E-state index is 12.0. The van der Waals surface area contributed by atoms with Crippen LogP contribution in [0.15, 0.2) is 23.0 Å². The summed E-state index contributed by atoms with van der Waals surface area (Å²) in [7, 11) is 0. The average Bonchev–Trinajstić information content (AvgIpc) is 3.10. The molecule has 3 rings (SSSR count). The van der Waals surface area contributed by atoms with Gasteiger partial charge in [-0.15, -0.1) is 0 Å². The van der Waals surface area contributed by atoms with E-state index in [2.05, 4.69) is 20.4 Å². The van der Waals surface area contributed by atoms with Gasteiger partial charge in [-0.1, -0.05) is 12.1 Å². The number of aryl methyl sites for hydroxylation is 1. The number of carbonyl (C=O) groups excluding carboxylic acids is 1. The van der Waals surface area contributed by atoms with Crippen molar-refractivity contribution >= 4 is 5.91 Å². The molecule has 128 valence electrons. The van der Waals surface area contributed by atoms with E-state index in [1.165, 1.54) is 0 Å². The van der Waals surface area contributed by atoms with Crippen LogP contribution in [-0.4, -0.2) is 27.6 Å². The zero-order valence-corrected chi connectivity index (χ0v) is 14.0. The number of hydrogen-bond donors (Lipinski definition) is 1. The van der Waals surface area contributed by atoms with E-state index in [-0.39, 0.29) is 11.7 Å². The van der Waals surface area contributed by atoms with Crippen molar-refractivity contribution in [2.75, 3.05) is 6.61 Å². The molecule has 0 saturated carbocycles. The maximum absolute atomic E-state index is 12.0. The summed E-state index contributed by atoms with van der Waals surface area (Å²) >= 11 is 0. The first-order chi connectivity index (χ1) is 11.6. The van der Waals surface area contributed by atoms with E-state index in [0.29, 0.717) is 12.4 Å². The summed E-state index contributed by atoms with van der Waals surface area (Å²) in [6, 6.07) is 1.65. The molecule has 2 aromatic rings. The van der Waals surface area contributed by atoms with E-state index in [1.54, 1.807) is 18.5 Å². The molecule has 0 bridgehead atoms. The van der Waals surface area contributed by atoms with Crippen LogP contribution in [0.3, 0.4) is 0 Å². The van der Waals surface area contributed by atoms with Crippen molar-refractivity contribution < 1.29 is 14.1 Å². The molecule has 1 saturated heterocycles. The molecule has 1 amide bonds. The molecule has 0 aliphatic carbocycles. The van der Waals surface area contributed by atoms with E-state index in [1.807, 2.05) is 13.8 Å². The highest BCUT2D eigenvalue weighted by atomic mass is 16.5. The zero-order chi connectivity index (χ0) is 17.0. The second-order valence-electron chi connectivity index (χ2n) is 6.17. The number of aromatic nitrogens is 3. The standard InChI is InChI=1S/C17H22N4O3/c1-3-13-8-14(24-21-13)15(22)18-9-12-10-19-16(20-11-12)17(2)6-4-5-7-23-17/h8,10-11H,3-7,9H2,1-2H3,(H,18,22). The molecule has 1 aliphatic rings. The summed E-state index contributed by atoms with van der Waals surface area (Å²) < 4.78 is 10.9. The van der Waals surface area contributed by atoms with Gasteiger partial charge in [0.25, 0.3) is 5.91 Å². The second-order valence-corrected chi connectivity index (χ2v) is 6.17. The highest BCUT2D eigenvalue weighted by Crippen LogP contribution is 2.32. The molecule has 3 heterocycles. The largest absolute Gasteiger partial charge is 0.367 e. The summed E-state index contributed by atoms with van der Waals surface area (Å²) in [5.74, 6) is 0.612. The molecule has 0 radical (unpaired) electrons. The Morgan fingerprint density at radius 3 is 2.75 bits per heavy atom. The van der Waals surface area contributed by atoms with Crippen LogP contribution in [0.1, 0.15) is 60.7 Å². The monoisotopic (exact) mass is 330 g/mol. The highest BCUT2D eigenvalue weighted by Gasteiger charge is 2.32. The molecular weight excluding hydrogens is 308 g/mol. The van der Waals surface area contributed by atoms with Crippen molar-refractivity contribution in [3.05, 3.63) is 41.3 Å². The molecule has 1 unspecified atom stereocenters. The zero-order valence-electron chi connectivity index (χ0n) is 14.0. The van der Waals surface area contributed by atoms with Gasteiger partial charge in [-0.2, -0.15) is 0 Å². The van der Waals surface area contributed by atoms with E-state index in [4.69, 9.17) is 9.26 Å². The number of ether oxygens (including phenoxy) is 1. The second kappa shape index (κ2) is 7.09. The minimum atomic E-state index is -0.406. The van der Waals surface area contributed by atoms with Crippen LogP contribution in [-0.2, 0) is 23.3 Å². The summed E-state index contributed by atoms with van der Waals surface area (Å²) in [5, 5.41) is 6.58. The third-order valence-corrected chi connectivity index (χ3v) is 4.25. The summed E-state index contributed by atoms with van der Waals surface area (Å²) in [6.45, 7) is 5.06. The predicted octanol–water partition coefficient (Wildman–Crippen LogP) is 2.37. The minimum absolute atomic E-state index is 0.215. The topological polar surface area (TPSA) is 90.1 Å². The predicted molar refractivity (Wildman–Crippen MR) is 86.2 cm³/mol. The van der Waals surface area contributed by atoms with Crippen LogP contribution < -0.4 is 5.32 Å². The van der Waals surface area contributed by atoms with Crippen LogP contribution >= 0.6 is 0 Å². The molecule has 2 aromatic heterocycles. The molecule has 7 heteroatoms. The summed E-state index contributed by atoms with van der Waals surface area (Å²) in [6.07, 6.45) is 7.31. The lowest BCUT2D eigenvalue weighted by molar-refractivity contribution is -0.0760. The fraction of sp³-hybridized carbons (Fsp3) is 0.529. The number of nitrogens with one attached hydrogen (secondary N) is 1. The van der Waals surface area contributed by atoms with E-state index in [9.17, 15) is 4.79 Å². The Morgan fingerprint density at radius 2 is 2.12 bits per heavy atom. The number of hydrogen-bond acceptors (Lipinski definition) is 6. The average molecular weight is 330 g/mol. The van der Waals surface area contributed by atoms with Crippen molar-refractivity contribution in [2.45, 2.75) is 51.7 Å². The van der Waals surface area contributed by atoms with Crippen LogP contribution in [0.4, 0.5) is 0 Å². The lowest BCUT2D eigenvalue weighted by Crippen LogP contribution is -2.32. The van der Waals surface area contributed by atoms with Gasteiger partial charge in [0.15, 0.2) is 5.82 Å². The van der Waals surface area contributed by atoms with Crippen LogP contribution in [0.25, 0.3) is 0 Å². The Balaban J connectivity index is 1.59. The molecule has 0 spiro atoms. The van der Waals surface area contributed by atoms with Gasteiger partial charge in [-0.25, -0.2) is 9.97 Å². The SMILES string of the molecule is CCc1cc(C(=O)NCc2cnc(C3(C)CCCCO3)nc2)on1. The third kappa shape index (κ3) is 3.62. The molecule has 1 aliphatic heterocycles. The fourth-order valence-electron chi connectivity index (χ4n) is 2.68. The molecule has 1 fully saturated rings. The Bertz CT molecular complexity index is 690. The van der Waals surface area contributed by atoms with Gasteiger partial charge in [0.2, 0.25) is 5.76 Å². The summed E-state index contributed by atoms with van der Waals surface area (Å²) in [5.41, 5.74) is 1.17. The molecule has 1 N–H and O–H groups in total. The van der Waals surface area contributed by atoms with Crippen LogP contribution in [0.5, 0.6) is 0 Å². The normalized spacial score (nSPS) is 20.8. The number of rotatable bonds is 5. The fourth-order valence-corrected chi connectivity index (χ4v) is 2.68. The molecule has 7 nitrogen and oxygen atoms in total. The summed E-state index contributed by atoms with van der Waals surface area (Å²) in [4.78, 5) is 20.8. The van der Waals surface area contributed by atoms with Crippen LogP contribution in [0, 0.1) is 0 Å². The first kappa shape index (κ1) is 16.6. The van der Waals surface area contributed by atoms with Gasteiger partial charge < -0.3 is 14.6 Å². The Kier molecular flexibility index (Phi) is 4.89. The number of nitrogens with zero attached hydrogens (tertiary/aromatic N) is 3. The first-order valence-electron chi connectivity index (χ1n) is 8.30. The van der Waals surface area contributed by atoms with E-state index >= 15 is 0 Å². The van der Waals surface area contributed by atoms with Crippen molar-refractivity contribution in [1.82, 2.24) is 20.4 Å². The third-order valence-electron chi connectivity index (χ3n) is 4.25. The highest BCUT2D eigenvalue weighted by molar-refractivity contribution is 5.91. The number of carbonyl (C=O) groups is 1. The molecule has 1 atom stereocenters. The lowest BCUT2D eigenvalue weighted by atomic mass is 9.95. The molecular formula is C17H22N4O3. The van der Waals surface area contributed by atoms with Gasteiger partial charge >= 0.3 is 0 Å². The van der Waals surface area contributed by atoms with Gasteiger partial charge in [0, 0.05) is 37.2 Å². The molecule has 24 heavy (non-hydrogen) atoms. The van der Waals surface area contributed by atoms with Gasteiger partial charge in [-0.05, 0) is 32.6 Å². The van der Waals surface area contributed by atoms with Gasteiger partial charge in [-0.3, -0.25) is 4.79 Å². The van der Waals surface area contributed by atoms with E-state index in [0.717, 1.165) is 43.5 Å². The Labute approximate surface area is 140 Å². The van der Waals surface area contributed by atoms with Gasteiger partial charge in [0.1, 0.15) is 5.60 Å². The lowest BCUT2D eigenvalue weighted by Gasteiger charge is -2.32. The van der Waals surface area contributed by atoms with E-state index < -0.39 is 5.60 Å². The van der Waals surface area contributed by atoms with Gasteiger partial charge in [0.05, 0.1) is 5.69 Å². The van der Waals surface area contributed by atoms with Crippen molar-refractivity contribution in [3.8, 4) is 0 Å². The molecule has 0 aromatic carbocycles. The minimum Gasteiger partial charge on any atom is -0.367 e. The Hall–Kier alpha value is -2.28. The Morgan fingerprint density at radius 1 is 1.33 bits per heavy atom. The smallest absolute Gasteiger partial charge is 0.290 e. The number of amides is 1. The maximum Gasteiger partial charge on any atom is 0.290 e. The van der Waals surface area contributed by atoms with Crippen molar-refractivity contribution in [3.63, 3.8) is 0 Å². The van der Waals surface area contributed by atoms with Crippen LogP contribution in [0.2, 0.25) is 0 Å². The first-order valence-corrected chi connectivity index (χ1v) is 8.30. The van der Waals surface area contributed by atoms with Crippen molar-refractivity contribution in [1.29, 1.82) is 0 Å². The quantitative estimate of drug-likeness (QED) is 0.905.